The van der Waals surface area contributed by atoms with Crippen molar-refractivity contribution < 1.29 is 5.11 Å². The van der Waals surface area contributed by atoms with E-state index in [-0.39, 0.29) is 0 Å². The lowest BCUT2D eigenvalue weighted by molar-refractivity contribution is -0.0328. The normalized spacial score (nSPS) is 27.6. The summed E-state index contributed by atoms with van der Waals surface area (Å²) in [6.45, 7) is 6.92. The highest BCUT2D eigenvalue weighted by molar-refractivity contribution is 6.42. The van der Waals surface area contributed by atoms with Gasteiger partial charge in [-0.3, -0.25) is 0 Å². The maximum atomic E-state index is 10.9. The summed E-state index contributed by atoms with van der Waals surface area (Å²) in [6.07, 6.45) is 4.93. The Morgan fingerprint density at radius 3 is 2.30 bits per heavy atom. The van der Waals surface area contributed by atoms with Crippen LogP contribution in [-0.2, 0) is 5.60 Å². The summed E-state index contributed by atoms with van der Waals surface area (Å²) in [6, 6.07) is 5.49. The van der Waals surface area contributed by atoms with Gasteiger partial charge in [-0.05, 0) is 54.7 Å². The number of halogens is 2. The molecule has 1 aromatic rings. The van der Waals surface area contributed by atoms with Crippen LogP contribution < -0.4 is 0 Å². The second-order valence-corrected chi connectivity index (χ2v) is 7.59. The molecule has 112 valence electrons. The Balaban J connectivity index is 2.13. The first-order valence-electron chi connectivity index (χ1n) is 7.46. The molecular formula is C17H24Cl2O. The van der Waals surface area contributed by atoms with E-state index in [0.29, 0.717) is 21.4 Å². The molecule has 1 saturated carbocycles. The molecule has 1 aromatic carbocycles. The van der Waals surface area contributed by atoms with Crippen LogP contribution in [-0.4, -0.2) is 5.11 Å². The van der Waals surface area contributed by atoms with Gasteiger partial charge in [0, 0.05) is 0 Å². The summed E-state index contributed by atoms with van der Waals surface area (Å²) in [4.78, 5) is 0. The molecule has 1 N–H and O–H groups in total. The van der Waals surface area contributed by atoms with Crippen molar-refractivity contribution in [3.63, 3.8) is 0 Å². The van der Waals surface area contributed by atoms with E-state index >= 15 is 0 Å². The molecule has 1 nitrogen and oxygen atoms in total. The van der Waals surface area contributed by atoms with Crippen molar-refractivity contribution in [2.24, 2.45) is 11.3 Å². The third-order valence-electron chi connectivity index (χ3n) is 5.29. The summed E-state index contributed by atoms with van der Waals surface area (Å²) >= 11 is 12.0. The van der Waals surface area contributed by atoms with Crippen molar-refractivity contribution in [3.8, 4) is 0 Å². The zero-order chi connectivity index (χ0) is 15.0. The van der Waals surface area contributed by atoms with Gasteiger partial charge in [-0.2, -0.15) is 0 Å². The highest BCUT2D eigenvalue weighted by Crippen LogP contribution is 2.47. The molecule has 0 spiro atoms. The fraction of sp³-hybridized carbons (Fsp3) is 0.647. The number of benzene rings is 1. The van der Waals surface area contributed by atoms with Gasteiger partial charge in [-0.1, -0.05) is 56.5 Å². The molecule has 0 aromatic heterocycles. The summed E-state index contributed by atoms with van der Waals surface area (Å²) in [5.74, 6) is 0.690. The molecule has 1 aliphatic carbocycles. The molecule has 3 heteroatoms. The Kier molecular flexibility index (Phi) is 4.73. The van der Waals surface area contributed by atoms with E-state index < -0.39 is 5.60 Å². The smallest absolute Gasteiger partial charge is 0.0897 e. The van der Waals surface area contributed by atoms with Gasteiger partial charge in [-0.25, -0.2) is 0 Å². The Morgan fingerprint density at radius 2 is 1.80 bits per heavy atom. The van der Waals surface area contributed by atoms with Gasteiger partial charge in [-0.15, -0.1) is 0 Å². The Labute approximate surface area is 132 Å². The first-order valence-corrected chi connectivity index (χ1v) is 8.22. The van der Waals surface area contributed by atoms with Crippen LogP contribution in [0, 0.1) is 11.3 Å². The maximum Gasteiger partial charge on any atom is 0.0897 e. The summed E-state index contributed by atoms with van der Waals surface area (Å²) in [5, 5.41) is 12.0. The minimum absolute atomic E-state index is 0.360. The third kappa shape index (κ3) is 3.16. The highest BCUT2D eigenvalue weighted by atomic mass is 35.5. The standard InChI is InChI=1S/C17H24Cl2O/c1-4-16(2,3)12-7-9-17(20,10-8-12)13-5-6-14(18)15(19)11-13/h5-6,11-12,20H,4,7-10H2,1-3H3. The second kappa shape index (κ2) is 5.87. The van der Waals surface area contributed by atoms with Gasteiger partial charge in [0.05, 0.1) is 15.6 Å². The van der Waals surface area contributed by atoms with E-state index in [0.717, 1.165) is 31.2 Å². The molecule has 0 unspecified atom stereocenters. The maximum absolute atomic E-state index is 10.9. The molecule has 0 radical (unpaired) electrons. The van der Waals surface area contributed by atoms with Crippen molar-refractivity contribution in [1.82, 2.24) is 0 Å². The lowest BCUT2D eigenvalue weighted by Crippen LogP contribution is -2.36. The SMILES string of the molecule is CCC(C)(C)C1CCC(O)(c2ccc(Cl)c(Cl)c2)CC1. The zero-order valence-corrected chi connectivity index (χ0v) is 14.1. The molecule has 0 aliphatic heterocycles. The fourth-order valence-corrected chi connectivity index (χ4v) is 3.54. The summed E-state index contributed by atoms with van der Waals surface area (Å²) in [5.41, 5.74) is 0.521. The number of hydrogen-bond acceptors (Lipinski definition) is 1. The van der Waals surface area contributed by atoms with Gasteiger partial charge >= 0.3 is 0 Å². The number of rotatable bonds is 3. The zero-order valence-electron chi connectivity index (χ0n) is 12.5. The average molecular weight is 315 g/mol. The van der Waals surface area contributed by atoms with E-state index in [1.54, 1.807) is 6.07 Å². The minimum atomic E-state index is -0.742. The number of hydrogen-bond donors (Lipinski definition) is 1. The Bertz CT molecular complexity index is 474. The Morgan fingerprint density at radius 1 is 1.20 bits per heavy atom. The molecule has 0 bridgehead atoms. The van der Waals surface area contributed by atoms with Crippen LogP contribution >= 0.6 is 23.2 Å². The summed E-state index contributed by atoms with van der Waals surface area (Å²) in [7, 11) is 0. The average Bonchev–Trinajstić information content (AvgIpc) is 2.42. The van der Waals surface area contributed by atoms with Crippen molar-refractivity contribution in [2.75, 3.05) is 0 Å². The van der Waals surface area contributed by atoms with Gasteiger partial charge in [0.2, 0.25) is 0 Å². The molecule has 0 atom stereocenters. The van der Waals surface area contributed by atoms with E-state index in [9.17, 15) is 5.11 Å². The van der Waals surface area contributed by atoms with E-state index in [1.807, 2.05) is 12.1 Å². The second-order valence-electron chi connectivity index (χ2n) is 6.78. The lowest BCUT2D eigenvalue weighted by atomic mass is 9.65. The molecule has 0 amide bonds. The first-order chi connectivity index (χ1) is 9.28. The van der Waals surface area contributed by atoms with E-state index in [4.69, 9.17) is 23.2 Å². The first kappa shape index (κ1) is 16.1. The van der Waals surface area contributed by atoms with Crippen LogP contribution in [0.2, 0.25) is 10.0 Å². The van der Waals surface area contributed by atoms with Crippen molar-refractivity contribution in [1.29, 1.82) is 0 Å². The van der Waals surface area contributed by atoms with E-state index in [1.165, 1.54) is 6.42 Å². The van der Waals surface area contributed by atoms with Crippen molar-refractivity contribution in [3.05, 3.63) is 33.8 Å². The van der Waals surface area contributed by atoms with E-state index in [2.05, 4.69) is 20.8 Å². The topological polar surface area (TPSA) is 20.2 Å². The van der Waals surface area contributed by atoms with Crippen molar-refractivity contribution in [2.45, 2.75) is 58.5 Å². The molecule has 0 heterocycles. The quantitative estimate of drug-likeness (QED) is 0.746. The minimum Gasteiger partial charge on any atom is -0.385 e. The van der Waals surface area contributed by atoms with Crippen LogP contribution in [0.25, 0.3) is 0 Å². The molecule has 20 heavy (non-hydrogen) atoms. The van der Waals surface area contributed by atoms with Gasteiger partial charge in [0.25, 0.3) is 0 Å². The third-order valence-corrected chi connectivity index (χ3v) is 6.03. The predicted octanol–water partition coefficient (Wildman–Crippen LogP) is 5.81. The van der Waals surface area contributed by atoms with Crippen LogP contribution in [0.15, 0.2) is 18.2 Å². The molecule has 2 rings (SSSR count). The highest BCUT2D eigenvalue weighted by Gasteiger charge is 2.39. The van der Waals surface area contributed by atoms with Crippen LogP contribution in [0.4, 0.5) is 0 Å². The largest absolute Gasteiger partial charge is 0.385 e. The monoisotopic (exact) mass is 314 g/mol. The summed E-state index contributed by atoms with van der Waals surface area (Å²) < 4.78 is 0. The lowest BCUT2D eigenvalue weighted by Gasteiger charge is -2.42. The fourth-order valence-electron chi connectivity index (χ4n) is 3.24. The van der Waals surface area contributed by atoms with Crippen LogP contribution in [0.5, 0.6) is 0 Å². The molecule has 0 saturated heterocycles. The predicted molar refractivity (Wildman–Crippen MR) is 86.4 cm³/mol. The number of aliphatic hydroxyl groups is 1. The van der Waals surface area contributed by atoms with Crippen LogP contribution in [0.1, 0.15) is 58.4 Å². The van der Waals surface area contributed by atoms with Gasteiger partial charge in [0.1, 0.15) is 0 Å². The molecular weight excluding hydrogens is 291 g/mol. The molecule has 1 fully saturated rings. The van der Waals surface area contributed by atoms with Crippen molar-refractivity contribution >= 4 is 23.2 Å². The van der Waals surface area contributed by atoms with Gasteiger partial charge < -0.3 is 5.11 Å². The van der Waals surface area contributed by atoms with Crippen LogP contribution in [0.3, 0.4) is 0 Å². The Hall–Kier alpha value is -0.240. The van der Waals surface area contributed by atoms with Gasteiger partial charge in [0.15, 0.2) is 0 Å². The molecule has 1 aliphatic rings.